The summed E-state index contributed by atoms with van der Waals surface area (Å²) < 4.78 is 29.3. The Morgan fingerprint density at radius 2 is 1.55 bits per heavy atom. The number of hydrogen-bond acceptors (Lipinski definition) is 7. The van der Waals surface area contributed by atoms with Crippen LogP contribution in [0.15, 0.2) is 23.6 Å². The Labute approximate surface area is 172 Å². The number of aromatic nitrogens is 4. The lowest BCUT2D eigenvalue weighted by Gasteiger charge is -2.35. The maximum atomic E-state index is 13.0. The molecular weight excluding hydrogens is 390 g/mol. The van der Waals surface area contributed by atoms with E-state index in [0.29, 0.717) is 32.7 Å². The maximum Gasteiger partial charge on any atom is 0.262 e. The van der Waals surface area contributed by atoms with Gasteiger partial charge in [-0.15, -0.1) is 0 Å². The van der Waals surface area contributed by atoms with Crippen molar-refractivity contribution < 1.29 is 8.42 Å². The second kappa shape index (κ2) is 8.27. The van der Waals surface area contributed by atoms with E-state index in [1.165, 1.54) is 23.6 Å². The molecule has 0 amide bonds. The first-order valence-corrected chi connectivity index (χ1v) is 11.8. The first kappa shape index (κ1) is 20.1. The number of nitrogens with zero attached hydrogens (tertiary/aromatic N) is 7. The van der Waals surface area contributed by atoms with Gasteiger partial charge in [-0.25, -0.2) is 23.4 Å². The Morgan fingerprint density at radius 1 is 0.931 bits per heavy atom. The third-order valence-electron chi connectivity index (χ3n) is 5.78. The first-order chi connectivity index (χ1) is 14.0. The molecule has 0 unspecified atom stereocenters. The lowest BCUT2D eigenvalue weighted by atomic mass is 10.1. The van der Waals surface area contributed by atoms with Crippen LogP contribution >= 0.6 is 0 Å². The molecular formula is C19H29N7O2S. The molecule has 4 rings (SSSR count). The summed E-state index contributed by atoms with van der Waals surface area (Å²) in [6, 6.07) is 2.03. The van der Waals surface area contributed by atoms with Gasteiger partial charge in [0.2, 0.25) is 0 Å². The van der Waals surface area contributed by atoms with E-state index in [4.69, 9.17) is 0 Å². The minimum atomic E-state index is -3.57. The highest BCUT2D eigenvalue weighted by Crippen LogP contribution is 2.23. The molecule has 0 radical (unpaired) electrons. The van der Waals surface area contributed by atoms with Crippen LogP contribution < -0.4 is 9.80 Å². The maximum absolute atomic E-state index is 13.0. The van der Waals surface area contributed by atoms with Gasteiger partial charge >= 0.3 is 0 Å². The van der Waals surface area contributed by atoms with E-state index >= 15 is 0 Å². The number of hydrogen-bond donors (Lipinski definition) is 0. The van der Waals surface area contributed by atoms with E-state index in [-0.39, 0.29) is 5.03 Å². The Kier molecular flexibility index (Phi) is 5.73. The molecule has 0 bridgehead atoms. The van der Waals surface area contributed by atoms with E-state index in [1.54, 1.807) is 12.5 Å². The van der Waals surface area contributed by atoms with Crippen LogP contribution in [0.2, 0.25) is 0 Å². The van der Waals surface area contributed by atoms with Crippen LogP contribution in [0.1, 0.15) is 32.0 Å². The van der Waals surface area contributed by atoms with Crippen LogP contribution in [0.5, 0.6) is 0 Å². The van der Waals surface area contributed by atoms with Gasteiger partial charge in [-0.2, -0.15) is 4.31 Å². The first-order valence-electron chi connectivity index (χ1n) is 10.3. The van der Waals surface area contributed by atoms with Crippen molar-refractivity contribution in [1.29, 1.82) is 0 Å². The summed E-state index contributed by atoms with van der Waals surface area (Å²) in [6.45, 7) is 8.62. The topological polar surface area (TPSA) is 87.5 Å². The standard InChI is InChI=1S/C19H29N7O2S/c1-3-23-14-19(22-16(23)2)29(27,28)26-11-9-25(10-12-26)18-13-17(20-15-21-18)24-7-5-4-6-8-24/h13-15H,3-12H2,1-2H3. The van der Waals surface area contributed by atoms with Crippen molar-refractivity contribution in [2.75, 3.05) is 49.1 Å². The normalized spacial score (nSPS) is 19.0. The molecule has 2 aliphatic heterocycles. The second-order valence-electron chi connectivity index (χ2n) is 7.59. The molecule has 0 aromatic carbocycles. The fourth-order valence-electron chi connectivity index (χ4n) is 4.02. The predicted octanol–water partition coefficient (Wildman–Crippen LogP) is 1.50. The minimum Gasteiger partial charge on any atom is -0.356 e. The highest BCUT2D eigenvalue weighted by Gasteiger charge is 2.31. The van der Waals surface area contributed by atoms with Crippen LogP contribution in [0.25, 0.3) is 0 Å². The Bertz CT molecular complexity index is 945. The van der Waals surface area contributed by atoms with Crippen molar-refractivity contribution in [3.05, 3.63) is 24.4 Å². The molecule has 2 aromatic rings. The van der Waals surface area contributed by atoms with Gasteiger partial charge in [0.1, 0.15) is 23.8 Å². The molecule has 0 aliphatic carbocycles. The van der Waals surface area contributed by atoms with E-state index < -0.39 is 10.0 Å². The van der Waals surface area contributed by atoms with Gasteiger partial charge < -0.3 is 14.4 Å². The molecule has 2 aliphatic rings. The molecule has 158 valence electrons. The summed E-state index contributed by atoms with van der Waals surface area (Å²) in [5.41, 5.74) is 0. The van der Waals surface area contributed by atoms with Gasteiger partial charge in [-0.05, 0) is 33.1 Å². The Balaban J connectivity index is 1.44. The number of aryl methyl sites for hydroxylation is 2. The summed E-state index contributed by atoms with van der Waals surface area (Å²) in [6.07, 6.45) is 6.92. The Hall–Kier alpha value is -2.20. The predicted molar refractivity (Wildman–Crippen MR) is 112 cm³/mol. The summed E-state index contributed by atoms with van der Waals surface area (Å²) in [5.74, 6) is 2.55. The number of rotatable bonds is 5. The minimum absolute atomic E-state index is 0.139. The van der Waals surface area contributed by atoms with Crippen molar-refractivity contribution >= 4 is 21.7 Å². The second-order valence-corrected chi connectivity index (χ2v) is 9.47. The zero-order valence-corrected chi connectivity index (χ0v) is 18.0. The van der Waals surface area contributed by atoms with Crippen LogP contribution in [-0.4, -0.2) is 71.5 Å². The van der Waals surface area contributed by atoms with Crippen molar-refractivity contribution in [2.24, 2.45) is 0 Å². The van der Waals surface area contributed by atoms with Crippen molar-refractivity contribution in [1.82, 2.24) is 23.8 Å². The van der Waals surface area contributed by atoms with Gasteiger partial charge in [0.05, 0.1) is 0 Å². The van der Waals surface area contributed by atoms with Gasteiger partial charge in [0.15, 0.2) is 5.03 Å². The van der Waals surface area contributed by atoms with Crippen LogP contribution in [0.3, 0.4) is 0 Å². The third-order valence-corrected chi connectivity index (χ3v) is 7.55. The molecule has 2 saturated heterocycles. The highest BCUT2D eigenvalue weighted by atomic mass is 32.2. The van der Waals surface area contributed by atoms with Gasteiger partial charge in [0.25, 0.3) is 10.0 Å². The van der Waals surface area contributed by atoms with E-state index in [1.807, 2.05) is 24.5 Å². The average Bonchev–Trinajstić information content (AvgIpc) is 3.16. The molecule has 10 heteroatoms. The molecule has 0 saturated carbocycles. The largest absolute Gasteiger partial charge is 0.356 e. The number of anilines is 2. The summed E-state index contributed by atoms with van der Waals surface area (Å²) >= 11 is 0. The average molecular weight is 420 g/mol. The molecule has 4 heterocycles. The number of sulfonamides is 1. The van der Waals surface area contributed by atoms with Crippen LogP contribution in [0.4, 0.5) is 11.6 Å². The molecule has 0 atom stereocenters. The van der Waals surface area contributed by atoms with Crippen molar-refractivity contribution in [2.45, 2.75) is 44.7 Å². The fraction of sp³-hybridized carbons (Fsp3) is 0.632. The van der Waals surface area contributed by atoms with Crippen molar-refractivity contribution in [3.8, 4) is 0 Å². The monoisotopic (exact) mass is 419 g/mol. The fourth-order valence-corrected chi connectivity index (χ4v) is 5.44. The van der Waals surface area contributed by atoms with Gasteiger partial charge in [-0.1, -0.05) is 0 Å². The van der Waals surface area contributed by atoms with Crippen molar-refractivity contribution in [3.63, 3.8) is 0 Å². The number of piperidine rings is 1. The van der Waals surface area contributed by atoms with E-state index in [2.05, 4.69) is 24.8 Å². The summed E-state index contributed by atoms with van der Waals surface area (Å²) in [4.78, 5) is 17.6. The molecule has 0 spiro atoms. The molecule has 2 aromatic heterocycles. The lowest BCUT2D eigenvalue weighted by Crippen LogP contribution is -2.49. The van der Waals surface area contributed by atoms with Gasteiger partial charge in [-0.3, -0.25) is 0 Å². The zero-order chi connectivity index (χ0) is 20.4. The number of imidazole rings is 1. The Morgan fingerprint density at radius 3 is 2.14 bits per heavy atom. The molecule has 29 heavy (non-hydrogen) atoms. The molecule has 9 nitrogen and oxygen atoms in total. The number of piperazine rings is 1. The zero-order valence-electron chi connectivity index (χ0n) is 17.2. The smallest absolute Gasteiger partial charge is 0.262 e. The summed E-state index contributed by atoms with van der Waals surface area (Å²) in [5, 5.41) is 0.139. The van der Waals surface area contributed by atoms with Gasteiger partial charge in [0, 0.05) is 58.1 Å². The SMILES string of the molecule is CCn1cc(S(=O)(=O)N2CCN(c3cc(N4CCCCC4)ncn3)CC2)nc1C. The third kappa shape index (κ3) is 4.09. The molecule has 2 fully saturated rings. The van der Waals surface area contributed by atoms with E-state index in [9.17, 15) is 8.42 Å². The van der Waals surface area contributed by atoms with Crippen LogP contribution in [-0.2, 0) is 16.6 Å². The highest BCUT2D eigenvalue weighted by molar-refractivity contribution is 7.89. The lowest BCUT2D eigenvalue weighted by molar-refractivity contribution is 0.382. The van der Waals surface area contributed by atoms with E-state index in [0.717, 1.165) is 30.5 Å². The quantitative estimate of drug-likeness (QED) is 0.726. The molecule has 0 N–H and O–H groups in total. The summed E-state index contributed by atoms with van der Waals surface area (Å²) in [7, 11) is -3.57. The van der Waals surface area contributed by atoms with Crippen LogP contribution in [0, 0.1) is 6.92 Å².